The number of nitriles is 1. The van der Waals surface area contributed by atoms with Gasteiger partial charge in [-0.05, 0) is 23.0 Å². The maximum absolute atomic E-state index is 11.0. The van der Waals surface area contributed by atoms with Crippen molar-refractivity contribution in [1.29, 1.82) is 5.26 Å². The van der Waals surface area contributed by atoms with Gasteiger partial charge >= 0.3 is 0 Å². The molecule has 0 amide bonds. The fourth-order valence-corrected chi connectivity index (χ4v) is 2.59. The van der Waals surface area contributed by atoms with Crippen LogP contribution in [-0.4, -0.2) is 11.0 Å². The van der Waals surface area contributed by atoms with Crippen molar-refractivity contribution in [2.24, 2.45) is 10.8 Å². The van der Waals surface area contributed by atoms with Crippen molar-refractivity contribution in [2.75, 3.05) is 5.32 Å². The van der Waals surface area contributed by atoms with E-state index in [1.54, 1.807) is 6.07 Å². The monoisotopic (exact) mass is 259 g/mol. The van der Waals surface area contributed by atoms with E-state index in [0.29, 0.717) is 11.3 Å². The number of benzene rings is 1. The number of nitro benzene ring substituents is 1. The molecule has 5 nitrogen and oxygen atoms in total. The van der Waals surface area contributed by atoms with E-state index in [-0.39, 0.29) is 22.6 Å². The summed E-state index contributed by atoms with van der Waals surface area (Å²) in [5.74, 6) is 0. The molecule has 0 saturated heterocycles. The summed E-state index contributed by atoms with van der Waals surface area (Å²) in [7, 11) is 0. The maximum atomic E-state index is 11.0. The van der Waals surface area contributed by atoms with E-state index in [1.165, 1.54) is 12.1 Å². The first kappa shape index (κ1) is 13.3. The Kier molecular flexibility index (Phi) is 2.78. The number of nitrogens with zero attached hydrogens (tertiary/aromatic N) is 2. The third-order valence-corrected chi connectivity index (χ3v) is 4.64. The van der Waals surface area contributed by atoms with E-state index >= 15 is 0 Å². The molecule has 0 aliphatic heterocycles. The molecule has 1 N–H and O–H groups in total. The molecule has 19 heavy (non-hydrogen) atoms. The Balaban J connectivity index is 2.35. The number of nitrogens with one attached hydrogen (secondary N) is 1. The number of hydrogen-bond donors (Lipinski definition) is 1. The summed E-state index contributed by atoms with van der Waals surface area (Å²) in [4.78, 5) is 10.6. The Morgan fingerprint density at radius 3 is 2.32 bits per heavy atom. The van der Waals surface area contributed by atoms with Gasteiger partial charge in [0.1, 0.15) is 5.69 Å². The lowest BCUT2D eigenvalue weighted by Gasteiger charge is -2.09. The average molecular weight is 259 g/mol. The fourth-order valence-electron chi connectivity index (χ4n) is 2.59. The van der Waals surface area contributed by atoms with Crippen molar-refractivity contribution in [2.45, 2.75) is 33.7 Å². The molecule has 2 rings (SSSR count). The van der Waals surface area contributed by atoms with Crippen LogP contribution in [0.4, 0.5) is 11.4 Å². The molecule has 0 spiro atoms. The Hall–Kier alpha value is -2.09. The van der Waals surface area contributed by atoms with Gasteiger partial charge in [0.2, 0.25) is 0 Å². The lowest BCUT2D eigenvalue weighted by atomic mass is 10.0. The molecular formula is C14H17N3O2. The van der Waals surface area contributed by atoms with E-state index < -0.39 is 4.92 Å². The minimum absolute atomic E-state index is 0.0116. The number of hydrogen-bond acceptors (Lipinski definition) is 4. The normalized spacial score (nSPS) is 19.5. The molecule has 100 valence electrons. The summed E-state index contributed by atoms with van der Waals surface area (Å²) in [6.07, 6.45) is 0. The highest BCUT2D eigenvalue weighted by Gasteiger charge is 2.65. The first-order valence-electron chi connectivity index (χ1n) is 6.17. The van der Waals surface area contributed by atoms with Crippen LogP contribution in [-0.2, 0) is 0 Å². The second-order valence-electron chi connectivity index (χ2n) is 6.12. The quantitative estimate of drug-likeness (QED) is 0.667. The fraction of sp³-hybridized carbons (Fsp3) is 0.500. The molecule has 5 heteroatoms. The van der Waals surface area contributed by atoms with Crippen LogP contribution >= 0.6 is 0 Å². The van der Waals surface area contributed by atoms with Crippen LogP contribution in [0, 0.1) is 32.3 Å². The standard InChI is InChI=1S/C14H17N3O2/c1-13(2)12(14(13,3)4)16-10-7-9(8-15)5-6-11(10)17(18)19/h5-7,12,16H,1-4H3. The van der Waals surface area contributed by atoms with E-state index in [4.69, 9.17) is 5.26 Å². The number of anilines is 1. The van der Waals surface area contributed by atoms with E-state index in [1.807, 2.05) is 6.07 Å². The van der Waals surface area contributed by atoms with Crippen LogP contribution in [0.15, 0.2) is 18.2 Å². The van der Waals surface area contributed by atoms with Crippen molar-refractivity contribution < 1.29 is 4.92 Å². The Bertz CT molecular complexity index is 571. The molecule has 1 saturated carbocycles. The molecular weight excluding hydrogens is 242 g/mol. The SMILES string of the molecule is CC1(C)C(Nc2cc(C#N)ccc2[N+](=O)[O-])C1(C)C. The van der Waals surface area contributed by atoms with Gasteiger partial charge in [-0.3, -0.25) is 10.1 Å². The smallest absolute Gasteiger partial charge is 0.292 e. The molecule has 0 aromatic heterocycles. The van der Waals surface area contributed by atoms with Crippen molar-refractivity contribution in [3.8, 4) is 6.07 Å². The summed E-state index contributed by atoms with van der Waals surface area (Å²) in [5, 5.41) is 23.2. The van der Waals surface area contributed by atoms with Crippen LogP contribution in [0.3, 0.4) is 0 Å². The molecule has 1 aliphatic carbocycles. The minimum atomic E-state index is -0.425. The van der Waals surface area contributed by atoms with Crippen LogP contribution in [0.5, 0.6) is 0 Å². The van der Waals surface area contributed by atoms with Gasteiger partial charge < -0.3 is 5.32 Å². The Morgan fingerprint density at radius 1 is 1.32 bits per heavy atom. The zero-order valence-electron chi connectivity index (χ0n) is 11.5. The highest BCUT2D eigenvalue weighted by Crippen LogP contribution is 2.64. The lowest BCUT2D eigenvalue weighted by molar-refractivity contribution is -0.384. The first-order chi connectivity index (χ1) is 8.71. The Morgan fingerprint density at radius 2 is 1.89 bits per heavy atom. The summed E-state index contributed by atoms with van der Waals surface area (Å²) in [5.41, 5.74) is 1.00. The van der Waals surface area contributed by atoms with Gasteiger partial charge in [-0.25, -0.2) is 0 Å². The third-order valence-electron chi connectivity index (χ3n) is 4.64. The zero-order valence-corrected chi connectivity index (χ0v) is 11.5. The molecule has 0 heterocycles. The van der Waals surface area contributed by atoms with Crippen LogP contribution in [0.1, 0.15) is 33.3 Å². The maximum Gasteiger partial charge on any atom is 0.292 e. The summed E-state index contributed by atoms with van der Waals surface area (Å²) < 4.78 is 0. The summed E-state index contributed by atoms with van der Waals surface area (Å²) in [6, 6.07) is 6.55. The van der Waals surface area contributed by atoms with Crippen molar-refractivity contribution in [1.82, 2.24) is 0 Å². The topological polar surface area (TPSA) is 79.0 Å². The van der Waals surface area contributed by atoms with Crippen molar-refractivity contribution in [3.63, 3.8) is 0 Å². The molecule has 0 bridgehead atoms. The Labute approximate surface area is 112 Å². The lowest BCUT2D eigenvalue weighted by Crippen LogP contribution is -2.11. The molecule has 0 atom stereocenters. The van der Waals surface area contributed by atoms with Crippen molar-refractivity contribution in [3.05, 3.63) is 33.9 Å². The highest BCUT2D eigenvalue weighted by molar-refractivity contribution is 5.66. The largest absolute Gasteiger partial charge is 0.376 e. The molecule has 1 aromatic carbocycles. The van der Waals surface area contributed by atoms with Gasteiger partial charge in [0, 0.05) is 12.1 Å². The van der Waals surface area contributed by atoms with Gasteiger partial charge in [0.05, 0.1) is 16.6 Å². The molecule has 1 aromatic rings. The van der Waals surface area contributed by atoms with E-state index in [0.717, 1.165) is 0 Å². The van der Waals surface area contributed by atoms with E-state index in [2.05, 4.69) is 33.0 Å². The highest BCUT2D eigenvalue weighted by atomic mass is 16.6. The predicted molar refractivity (Wildman–Crippen MR) is 72.8 cm³/mol. The number of rotatable bonds is 3. The van der Waals surface area contributed by atoms with Gasteiger partial charge in [0.15, 0.2) is 0 Å². The summed E-state index contributed by atoms with van der Waals surface area (Å²) in [6.45, 7) is 8.52. The van der Waals surface area contributed by atoms with Crippen LogP contribution in [0.2, 0.25) is 0 Å². The van der Waals surface area contributed by atoms with Crippen LogP contribution in [0.25, 0.3) is 0 Å². The minimum Gasteiger partial charge on any atom is -0.376 e. The van der Waals surface area contributed by atoms with E-state index in [9.17, 15) is 10.1 Å². The molecule has 0 unspecified atom stereocenters. The predicted octanol–water partition coefficient (Wildman–Crippen LogP) is 3.31. The second kappa shape index (κ2) is 3.95. The summed E-state index contributed by atoms with van der Waals surface area (Å²) >= 11 is 0. The zero-order chi connectivity index (χ0) is 14.4. The van der Waals surface area contributed by atoms with Gasteiger partial charge in [-0.2, -0.15) is 5.26 Å². The molecule has 0 radical (unpaired) electrons. The van der Waals surface area contributed by atoms with Crippen LogP contribution < -0.4 is 5.32 Å². The molecule has 1 fully saturated rings. The van der Waals surface area contributed by atoms with Gasteiger partial charge in [-0.1, -0.05) is 27.7 Å². The van der Waals surface area contributed by atoms with Crippen molar-refractivity contribution >= 4 is 11.4 Å². The third kappa shape index (κ3) is 1.93. The number of nitro groups is 1. The molecule has 1 aliphatic rings. The average Bonchev–Trinajstić information content (AvgIpc) is 2.71. The first-order valence-corrected chi connectivity index (χ1v) is 6.17. The van der Waals surface area contributed by atoms with Gasteiger partial charge in [0.25, 0.3) is 5.69 Å². The van der Waals surface area contributed by atoms with Gasteiger partial charge in [-0.15, -0.1) is 0 Å². The second-order valence-corrected chi connectivity index (χ2v) is 6.12.